The van der Waals surface area contributed by atoms with Crippen molar-refractivity contribution < 1.29 is 33.2 Å². The average Bonchev–Trinajstić information content (AvgIpc) is 3.68. The van der Waals surface area contributed by atoms with E-state index < -0.39 is 203 Å². The van der Waals surface area contributed by atoms with Gasteiger partial charge in [0.1, 0.15) is 11.2 Å². The third-order valence-electron chi connectivity index (χ3n) is 7.26. The maximum atomic E-state index is 9.46. The Bertz CT molecular complexity index is 3560. The average molecular weight is 568 g/mol. The first-order chi connectivity index (χ1) is 30.1. The minimum atomic E-state index is -0.886. The van der Waals surface area contributed by atoms with Gasteiger partial charge >= 0.3 is 0 Å². The molecule has 1 heteroatoms. The second-order valence-corrected chi connectivity index (χ2v) is 9.63. The van der Waals surface area contributed by atoms with Crippen molar-refractivity contribution in [3.63, 3.8) is 0 Å². The number of fused-ring (bicyclic) bond motifs is 6. The molecule has 0 fully saturated rings. The van der Waals surface area contributed by atoms with Gasteiger partial charge in [-0.1, -0.05) is 139 Å². The van der Waals surface area contributed by atoms with Gasteiger partial charge in [0.05, 0.1) is 28.8 Å². The van der Waals surface area contributed by atoms with Crippen LogP contribution in [0.3, 0.4) is 0 Å². The van der Waals surface area contributed by atoms with Crippen molar-refractivity contribution in [2.75, 3.05) is 0 Å². The molecule has 0 N–H and O–H groups in total. The lowest BCUT2D eigenvalue weighted by molar-refractivity contribution is 0.669. The Kier molecular flexibility index (Phi) is 2.46. The van der Waals surface area contributed by atoms with Crippen molar-refractivity contribution in [1.29, 1.82) is 0 Å². The van der Waals surface area contributed by atoms with Gasteiger partial charge in [-0.05, 0) is 83.8 Å². The predicted octanol–water partition coefficient (Wildman–Crippen LogP) is 12.0. The third-order valence-corrected chi connectivity index (χ3v) is 7.26. The Hall–Kier alpha value is -5.66. The highest BCUT2D eigenvalue weighted by Gasteiger charge is 2.20. The standard InChI is InChI=1S/C42H26O/c1-2-11-27(12-3-1)28-21-23-29(24-22-28)40-32-15-6-8-17-34(32)41(35-18-9-7-16-33(35)40)36-19-10-20-38-42(36)37-25-30-13-4-5-14-31(30)26-39(37)43-38/h1-26H/i4D,5D,6D,7D,8D,9D,10D,13D,14D,15D,16D,17D,18D,19D,20D,21D,22D,23D,24D,25D,26D. The van der Waals surface area contributed by atoms with Crippen LogP contribution < -0.4 is 0 Å². The summed E-state index contributed by atoms with van der Waals surface area (Å²) >= 11 is 0. The van der Waals surface area contributed by atoms with E-state index in [1.807, 2.05) is 0 Å². The molecule has 9 aromatic rings. The van der Waals surface area contributed by atoms with E-state index in [2.05, 4.69) is 0 Å². The van der Waals surface area contributed by atoms with Gasteiger partial charge in [-0.25, -0.2) is 0 Å². The first-order valence-corrected chi connectivity index (χ1v) is 13.1. The minimum Gasteiger partial charge on any atom is -0.456 e. The fourth-order valence-corrected chi connectivity index (χ4v) is 5.42. The molecule has 0 saturated carbocycles. The zero-order chi connectivity index (χ0) is 46.6. The summed E-state index contributed by atoms with van der Waals surface area (Å²) in [4.78, 5) is 0. The van der Waals surface area contributed by atoms with E-state index in [1.165, 1.54) is 0 Å². The van der Waals surface area contributed by atoms with Gasteiger partial charge in [0, 0.05) is 10.8 Å². The number of hydrogen-bond acceptors (Lipinski definition) is 1. The van der Waals surface area contributed by atoms with Gasteiger partial charge in [-0.3, -0.25) is 0 Å². The van der Waals surface area contributed by atoms with Crippen LogP contribution in [0.5, 0.6) is 0 Å². The Morgan fingerprint density at radius 3 is 1.67 bits per heavy atom. The highest BCUT2D eigenvalue weighted by molar-refractivity contribution is 6.26. The van der Waals surface area contributed by atoms with Gasteiger partial charge in [0.15, 0.2) is 0 Å². The largest absolute Gasteiger partial charge is 0.456 e. The first kappa shape index (κ1) is 11.2. The molecule has 1 aromatic heterocycles. The van der Waals surface area contributed by atoms with E-state index in [9.17, 15) is 11.0 Å². The van der Waals surface area contributed by atoms with E-state index >= 15 is 0 Å². The van der Waals surface area contributed by atoms with Gasteiger partial charge < -0.3 is 4.42 Å². The molecular formula is C42H26O. The molecule has 0 radical (unpaired) electrons. The molecular weight excluding hydrogens is 520 g/mol. The molecule has 9 rings (SSSR count). The van der Waals surface area contributed by atoms with Crippen LogP contribution >= 0.6 is 0 Å². The summed E-state index contributed by atoms with van der Waals surface area (Å²) in [6.45, 7) is 0. The van der Waals surface area contributed by atoms with Crippen LogP contribution in [0, 0.1) is 0 Å². The molecule has 0 amide bonds. The van der Waals surface area contributed by atoms with E-state index in [1.54, 1.807) is 30.3 Å². The molecule has 0 aliphatic heterocycles. The molecule has 0 saturated heterocycles. The molecule has 200 valence electrons. The summed E-state index contributed by atoms with van der Waals surface area (Å²) in [5.74, 6) is 0. The highest BCUT2D eigenvalue weighted by atomic mass is 16.3. The molecule has 0 spiro atoms. The van der Waals surface area contributed by atoms with Crippen molar-refractivity contribution in [3.8, 4) is 33.4 Å². The SMILES string of the molecule is [2H]c1c([2H])c(-c2c3c([2H])c([2H])c([2H])c([2H])c3c(-c3c([2H])c([2H])c([2H])c4oc5c([2H])c6c([2H])c([2H])c([2H])c([2H])c6c([2H])c5c34)c3c([2H])c([2H])c([2H])c([2H])c23)c([2H])c([2H])c1-c1ccccc1. The van der Waals surface area contributed by atoms with Gasteiger partial charge in [-0.15, -0.1) is 0 Å². The van der Waals surface area contributed by atoms with Gasteiger partial charge in [0.25, 0.3) is 0 Å². The number of benzene rings is 8. The molecule has 0 atom stereocenters. The lowest BCUT2D eigenvalue weighted by Crippen LogP contribution is -1.91. The fraction of sp³-hybridized carbons (Fsp3) is 0. The molecule has 0 bridgehead atoms. The molecule has 8 aromatic carbocycles. The lowest BCUT2D eigenvalue weighted by atomic mass is 9.84. The van der Waals surface area contributed by atoms with Crippen LogP contribution in [0.15, 0.2) is 162 Å². The zero-order valence-corrected chi connectivity index (χ0v) is 21.8. The second-order valence-electron chi connectivity index (χ2n) is 9.63. The summed E-state index contributed by atoms with van der Waals surface area (Å²) in [6, 6.07) is -8.29. The maximum absolute atomic E-state index is 9.46. The van der Waals surface area contributed by atoms with Crippen LogP contribution in [0.4, 0.5) is 0 Å². The summed E-state index contributed by atoms with van der Waals surface area (Å²) in [6.07, 6.45) is 0. The Morgan fingerprint density at radius 1 is 0.419 bits per heavy atom. The fourth-order valence-electron chi connectivity index (χ4n) is 5.42. The summed E-state index contributed by atoms with van der Waals surface area (Å²) < 4.78 is 196. The predicted molar refractivity (Wildman–Crippen MR) is 183 cm³/mol. The van der Waals surface area contributed by atoms with Crippen molar-refractivity contribution in [1.82, 2.24) is 0 Å². The van der Waals surface area contributed by atoms with Crippen LogP contribution in [-0.4, -0.2) is 0 Å². The molecule has 1 heterocycles. The summed E-state index contributed by atoms with van der Waals surface area (Å²) in [5, 5.41) is -4.02. The summed E-state index contributed by atoms with van der Waals surface area (Å²) in [5.41, 5.74) is -3.17. The highest BCUT2D eigenvalue weighted by Crippen LogP contribution is 2.47. The van der Waals surface area contributed by atoms with Gasteiger partial charge in [-0.2, -0.15) is 0 Å². The van der Waals surface area contributed by atoms with E-state index in [-0.39, 0.29) is 5.56 Å². The van der Waals surface area contributed by atoms with Crippen LogP contribution in [0.1, 0.15) is 28.8 Å². The van der Waals surface area contributed by atoms with E-state index in [0.717, 1.165) is 0 Å². The molecule has 0 aliphatic carbocycles. The monoisotopic (exact) mass is 567 g/mol. The summed E-state index contributed by atoms with van der Waals surface area (Å²) in [7, 11) is 0. The Morgan fingerprint density at radius 2 is 1.00 bits per heavy atom. The Labute approximate surface area is 278 Å². The number of hydrogen-bond donors (Lipinski definition) is 0. The first-order valence-electron chi connectivity index (χ1n) is 23.6. The lowest BCUT2D eigenvalue weighted by Gasteiger charge is -2.18. The van der Waals surface area contributed by atoms with E-state index in [4.69, 9.17) is 22.2 Å². The molecule has 1 nitrogen and oxygen atoms in total. The zero-order valence-electron chi connectivity index (χ0n) is 42.8. The van der Waals surface area contributed by atoms with E-state index in [0.29, 0.717) is 5.56 Å². The number of furan rings is 1. The third kappa shape index (κ3) is 3.72. The van der Waals surface area contributed by atoms with Crippen molar-refractivity contribution >= 4 is 54.3 Å². The van der Waals surface area contributed by atoms with Crippen LogP contribution in [0.2, 0.25) is 0 Å². The normalized spacial score (nSPS) is 18.6. The van der Waals surface area contributed by atoms with Crippen molar-refractivity contribution in [3.05, 3.63) is 157 Å². The van der Waals surface area contributed by atoms with Crippen LogP contribution in [0.25, 0.3) is 87.6 Å². The Balaban J connectivity index is 1.64. The number of rotatable bonds is 3. The van der Waals surface area contributed by atoms with Crippen LogP contribution in [-0.2, 0) is 0 Å². The molecule has 0 unspecified atom stereocenters. The maximum Gasteiger partial charge on any atom is 0.136 e. The minimum absolute atomic E-state index is 0.128. The second kappa shape index (κ2) is 9.44. The molecule has 43 heavy (non-hydrogen) atoms. The van der Waals surface area contributed by atoms with Gasteiger partial charge in [0.2, 0.25) is 0 Å². The van der Waals surface area contributed by atoms with Crippen molar-refractivity contribution in [2.45, 2.75) is 0 Å². The smallest absolute Gasteiger partial charge is 0.136 e. The molecule has 0 aliphatic rings. The quantitative estimate of drug-likeness (QED) is 0.194. The van der Waals surface area contributed by atoms with Crippen molar-refractivity contribution in [2.24, 2.45) is 0 Å². The topological polar surface area (TPSA) is 13.1 Å².